The molecule has 1 saturated heterocycles. The summed E-state index contributed by atoms with van der Waals surface area (Å²) in [6.07, 6.45) is 2.15. The molecule has 3 heterocycles. The molecule has 0 saturated carbocycles. The Morgan fingerprint density at radius 1 is 1.22 bits per heavy atom. The molecule has 1 amide bonds. The van der Waals surface area contributed by atoms with Crippen molar-refractivity contribution in [3.8, 4) is 11.5 Å². The van der Waals surface area contributed by atoms with Crippen LogP contribution >= 0.6 is 11.3 Å². The predicted molar refractivity (Wildman–Crippen MR) is 123 cm³/mol. The molecule has 0 bridgehead atoms. The average Bonchev–Trinajstić information content (AvgIpc) is 3.23. The van der Waals surface area contributed by atoms with Crippen LogP contribution < -0.4 is 25.2 Å². The second-order valence-corrected chi connectivity index (χ2v) is 8.73. The number of carbonyl (C=O) groups excluding carboxylic acids is 1. The zero-order chi connectivity index (χ0) is 22.7. The number of piperidine rings is 1. The first-order valence-electron chi connectivity index (χ1n) is 10.6. The van der Waals surface area contributed by atoms with Gasteiger partial charge in [0, 0.05) is 37.3 Å². The largest absolute Gasteiger partial charge is 0.497 e. The van der Waals surface area contributed by atoms with Crippen LogP contribution in [-0.2, 0) is 11.2 Å². The van der Waals surface area contributed by atoms with Crippen molar-refractivity contribution in [2.45, 2.75) is 26.2 Å². The molecule has 0 aliphatic carbocycles. The third-order valence-corrected chi connectivity index (χ3v) is 6.65. The number of ether oxygens (including phenoxy) is 2. The number of nitrogens with zero attached hydrogens (tertiary/aromatic N) is 4. The van der Waals surface area contributed by atoms with E-state index < -0.39 is 0 Å². The topological polar surface area (TPSA) is 98.1 Å². The summed E-state index contributed by atoms with van der Waals surface area (Å²) in [6, 6.07) is 7.14. The molecule has 0 spiro atoms. The van der Waals surface area contributed by atoms with E-state index in [-0.39, 0.29) is 17.4 Å². The van der Waals surface area contributed by atoms with Crippen LogP contribution in [0.25, 0.3) is 4.96 Å². The number of benzene rings is 1. The normalized spacial score (nSPS) is 14.5. The lowest BCUT2D eigenvalue weighted by Gasteiger charge is -2.30. The second kappa shape index (κ2) is 9.56. The Balaban J connectivity index is 1.30. The molecular weight excluding hydrogens is 430 g/mol. The summed E-state index contributed by atoms with van der Waals surface area (Å²) in [4.78, 5) is 31.9. The molecule has 2 aromatic heterocycles. The molecule has 32 heavy (non-hydrogen) atoms. The first-order valence-corrected chi connectivity index (χ1v) is 11.4. The van der Waals surface area contributed by atoms with Crippen molar-refractivity contribution in [2.75, 3.05) is 38.8 Å². The van der Waals surface area contributed by atoms with Gasteiger partial charge in [-0.05, 0) is 49.9 Å². The molecule has 1 aliphatic heterocycles. The summed E-state index contributed by atoms with van der Waals surface area (Å²) >= 11 is 1.40. The van der Waals surface area contributed by atoms with Crippen LogP contribution in [0.3, 0.4) is 0 Å². The van der Waals surface area contributed by atoms with Crippen LogP contribution in [0, 0.1) is 12.8 Å². The van der Waals surface area contributed by atoms with Gasteiger partial charge in [0.15, 0.2) is 0 Å². The Kier molecular flexibility index (Phi) is 6.59. The van der Waals surface area contributed by atoms with Gasteiger partial charge in [0.2, 0.25) is 16.0 Å². The Labute approximate surface area is 190 Å². The average molecular weight is 458 g/mol. The Hall–Kier alpha value is -3.14. The number of amides is 1. The van der Waals surface area contributed by atoms with Gasteiger partial charge in [-0.15, -0.1) is 5.10 Å². The molecule has 9 nitrogen and oxygen atoms in total. The fourth-order valence-electron chi connectivity index (χ4n) is 3.91. The van der Waals surface area contributed by atoms with Crippen molar-refractivity contribution in [3.63, 3.8) is 0 Å². The highest BCUT2D eigenvalue weighted by molar-refractivity contribution is 7.20. The lowest BCUT2D eigenvalue weighted by Crippen LogP contribution is -2.41. The quantitative estimate of drug-likeness (QED) is 0.580. The summed E-state index contributed by atoms with van der Waals surface area (Å²) in [5.74, 6) is 1.59. The smallest absolute Gasteiger partial charge is 0.275 e. The van der Waals surface area contributed by atoms with Gasteiger partial charge in [-0.3, -0.25) is 9.59 Å². The van der Waals surface area contributed by atoms with E-state index in [0.717, 1.165) is 48.1 Å². The van der Waals surface area contributed by atoms with Crippen LogP contribution in [0.4, 0.5) is 5.13 Å². The highest BCUT2D eigenvalue weighted by atomic mass is 32.1. The second-order valence-electron chi connectivity index (χ2n) is 7.79. The van der Waals surface area contributed by atoms with Crippen molar-refractivity contribution in [1.82, 2.24) is 19.9 Å². The van der Waals surface area contributed by atoms with Gasteiger partial charge in [-0.2, -0.15) is 4.52 Å². The number of aryl methyl sites for hydroxylation is 1. The first kappa shape index (κ1) is 22.1. The highest BCUT2D eigenvalue weighted by Crippen LogP contribution is 2.27. The molecule has 1 N–H and O–H groups in total. The van der Waals surface area contributed by atoms with Crippen LogP contribution in [0.5, 0.6) is 11.5 Å². The van der Waals surface area contributed by atoms with Crippen molar-refractivity contribution < 1.29 is 14.3 Å². The SMILES string of the molecule is COc1ccc(OC)c(CCNC(=O)C2CCN(c3nn4c(=O)cc(C)nc4s3)CC2)c1. The van der Waals surface area contributed by atoms with E-state index in [4.69, 9.17) is 9.47 Å². The number of methoxy groups -OCH3 is 2. The van der Waals surface area contributed by atoms with E-state index in [0.29, 0.717) is 23.6 Å². The Bertz CT molecular complexity index is 1170. The summed E-state index contributed by atoms with van der Waals surface area (Å²) in [7, 11) is 3.26. The Morgan fingerprint density at radius 3 is 2.72 bits per heavy atom. The lowest BCUT2D eigenvalue weighted by atomic mass is 9.96. The molecule has 0 radical (unpaired) electrons. The molecule has 0 atom stereocenters. The molecule has 1 aliphatic rings. The van der Waals surface area contributed by atoms with Crippen LogP contribution in [0.1, 0.15) is 24.1 Å². The summed E-state index contributed by atoms with van der Waals surface area (Å²) in [5.41, 5.74) is 1.51. The number of fused-ring (bicyclic) bond motifs is 1. The number of nitrogens with one attached hydrogen (secondary N) is 1. The van der Waals surface area contributed by atoms with Crippen molar-refractivity contribution in [2.24, 2.45) is 5.92 Å². The third-order valence-electron chi connectivity index (χ3n) is 5.68. The summed E-state index contributed by atoms with van der Waals surface area (Å²) < 4.78 is 12.0. The molecule has 0 unspecified atom stereocenters. The van der Waals surface area contributed by atoms with Gasteiger partial charge in [-0.25, -0.2) is 4.98 Å². The highest BCUT2D eigenvalue weighted by Gasteiger charge is 2.26. The summed E-state index contributed by atoms with van der Waals surface area (Å²) in [6.45, 7) is 3.77. The van der Waals surface area contributed by atoms with Crippen LogP contribution in [0.2, 0.25) is 0 Å². The van der Waals surface area contributed by atoms with Crippen LogP contribution in [-0.4, -0.2) is 54.4 Å². The number of hydrogen-bond acceptors (Lipinski definition) is 8. The van der Waals surface area contributed by atoms with Crippen molar-refractivity contribution in [3.05, 3.63) is 45.9 Å². The minimum atomic E-state index is -0.170. The fourth-order valence-corrected chi connectivity index (χ4v) is 4.92. The molecule has 10 heteroatoms. The zero-order valence-electron chi connectivity index (χ0n) is 18.5. The van der Waals surface area contributed by atoms with Crippen molar-refractivity contribution >= 4 is 27.3 Å². The maximum atomic E-state index is 12.7. The number of carbonyl (C=O) groups is 1. The van der Waals surface area contributed by atoms with Gasteiger partial charge in [0.1, 0.15) is 11.5 Å². The minimum Gasteiger partial charge on any atom is -0.497 e. The van der Waals surface area contributed by atoms with E-state index in [1.807, 2.05) is 18.2 Å². The van der Waals surface area contributed by atoms with E-state index >= 15 is 0 Å². The van der Waals surface area contributed by atoms with Gasteiger partial charge in [0.05, 0.1) is 14.2 Å². The molecule has 3 aromatic rings. The maximum absolute atomic E-state index is 12.7. The molecule has 1 fully saturated rings. The standard InChI is InChI=1S/C22H27N5O4S/c1-14-12-19(28)27-21(24-14)32-22(25-27)26-10-7-15(8-11-26)20(29)23-9-6-16-13-17(30-2)4-5-18(16)31-3/h4-5,12-13,15H,6-11H2,1-3H3,(H,23,29). The van der Waals surface area contributed by atoms with E-state index in [1.165, 1.54) is 21.9 Å². The number of rotatable bonds is 7. The van der Waals surface area contributed by atoms with Crippen LogP contribution in [0.15, 0.2) is 29.1 Å². The number of aromatic nitrogens is 3. The summed E-state index contributed by atoms with van der Waals surface area (Å²) in [5, 5.41) is 8.25. The zero-order valence-corrected chi connectivity index (χ0v) is 19.3. The third kappa shape index (κ3) is 4.69. The lowest BCUT2D eigenvalue weighted by molar-refractivity contribution is -0.125. The monoisotopic (exact) mass is 457 g/mol. The molecule has 4 rings (SSSR count). The van der Waals surface area contributed by atoms with Gasteiger partial charge < -0.3 is 19.7 Å². The maximum Gasteiger partial charge on any atom is 0.275 e. The van der Waals surface area contributed by atoms with E-state index in [2.05, 4.69) is 20.3 Å². The molecule has 170 valence electrons. The van der Waals surface area contributed by atoms with Gasteiger partial charge >= 0.3 is 0 Å². The Morgan fingerprint density at radius 2 is 2.00 bits per heavy atom. The minimum absolute atomic E-state index is 0.0316. The molecule has 1 aromatic carbocycles. The van der Waals surface area contributed by atoms with Gasteiger partial charge in [-0.1, -0.05) is 11.3 Å². The van der Waals surface area contributed by atoms with Gasteiger partial charge in [0.25, 0.3) is 5.56 Å². The first-order chi connectivity index (χ1) is 15.5. The van der Waals surface area contributed by atoms with Crippen molar-refractivity contribution in [1.29, 1.82) is 0 Å². The van der Waals surface area contributed by atoms with E-state index in [1.54, 1.807) is 21.1 Å². The van der Waals surface area contributed by atoms with E-state index in [9.17, 15) is 9.59 Å². The number of anilines is 1. The molecular formula is C22H27N5O4S. The predicted octanol–water partition coefficient (Wildman–Crippen LogP) is 2.05. The fraction of sp³-hybridized carbons (Fsp3) is 0.455. The number of hydrogen-bond donors (Lipinski definition) is 1.